The summed E-state index contributed by atoms with van der Waals surface area (Å²) in [5, 5.41) is 3.09. The molecule has 1 aromatic rings. The van der Waals surface area contributed by atoms with Crippen LogP contribution in [0.25, 0.3) is 16.9 Å². The van der Waals surface area contributed by atoms with E-state index in [4.69, 9.17) is 0 Å². The lowest BCUT2D eigenvalue weighted by Gasteiger charge is -1.91. The summed E-state index contributed by atoms with van der Waals surface area (Å²) in [7, 11) is 0. The number of rotatable bonds is 0. The summed E-state index contributed by atoms with van der Waals surface area (Å²) < 4.78 is 1.96. The molecule has 3 rings (SSSR count). The SMILES string of the molecule is c1cc2c[n+]3[nH]ccc3[nH]c-2c1. The molecule has 0 radical (unpaired) electrons. The Balaban J connectivity index is 2.56. The smallest absolute Gasteiger partial charge is 0.238 e. The first-order valence-electron chi connectivity index (χ1n) is 3.90. The van der Waals surface area contributed by atoms with E-state index in [-0.39, 0.29) is 0 Å². The fraction of sp³-hybridized carbons (Fsp3) is 0. The van der Waals surface area contributed by atoms with Gasteiger partial charge < -0.3 is 0 Å². The van der Waals surface area contributed by atoms with E-state index in [0.29, 0.717) is 0 Å². The highest BCUT2D eigenvalue weighted by Gasteiger charge is 2.10. The van der Waals surface area contributed by atoms with Gasteiger partial charge in [-0.25, -0.2) is 10.1 Å². The first-order valence-corrected chi connectivity index (χ1v) is 3.90. The lowest BCUT2D eigenvalue weighted by molar-refractivity contribution is -0.578. The third kappa shape index (κ3) is 0.625. The van der Waals surface area contributed by atoms with Crippen molar-refractivity contribution in [2.75, 3.05) is 0 Å². The zero-order valence-electron chi connectivity index (χ0n) is 6.41. The van der Waals surface area contributed by atoms with Gasteiger partial charge in [0.05, 0.1) is 5.56 Å². The Hall–Kier alpha value is -1.77. The molecule has 0 aromatic carbocycles. The maximum absolute atomic E-state index is 3.30. The Morgan fingerprint density at radius 1 is 1.17 bits per heavy atom. The molecule has 0 fully saturated rings. The Kier molecular flexibility index (Phi) is 0.913. The lowest BCUT2D eigenvalue weighted by atomic mass is 10.3. The average molecular weight is 158 g/mol. The van der Waals surface area contributed by atoms with Crippen LogP contribution in [0.3, 0.4) is 0 Å². The summed E-state index contributed by atoms with van der Waals surface area (Å²) in [5.41, 5.74) is 3.47. The van der Waals surface area contributed by atoms with Gasteiger partial charge in [0.25, 0.3) is 0 Å². The van der Waals surface area contributed by atoms with Crippen LogP contribution in [0.1, 0.15) is 0 Å². The zero-order valence-corrected chi connectivity index (χ0v) is 6.41. The molecule has 1 aliphatic heterocycles. The van der Waals surface area contributed by atoms with Crippen molar-refractivity contribution in [3.8, 4) is 11.3 Å². The lowest BCUT2D eigenvalue weighted by Crippen LogP contribution is -2.23. The summed E-state index contributed by atoms with van der Waals surface area (Å²) in [6.45, 7) is 0. The molecule has 58 valence electrons. The van der Waals surface area contributed by atoms with Crippen LogP contribution in [-0.2, 0) is 0 Å². The monoisotopic (exact) mass is 158 g/mol. The second kappa shape index (κ2) is 1.88. The third-order valence-electron chi connectivity index (χ3n) is 2.09. The number of hydrogen-bond donors (Lipinski definition) is 2. The number of H-pyrrole nitrogens is 2. The van der Waals surface area contributed by atoms with Crippen molar-refractivity contribution in [3.63, 3.8) is 0 Å². The van der Waals surface area contributed by atoms with Crippen molar-refractivity contribution in [3.05, 3.63) is 36.7 Å². The molecular weight excluding hydrogens is 150 g/mol. The van der Waals surface area contributed by atoms with Crippen LogP contribution in [0.15, 0.2) is 36.7 Å². The molecule has 0 saturated heterocycles. The second-order valence-electron chi connectivity index (χ2n) is 2.87. The zero-order chi connectivity index (χ0) is 7.97. The van der Waals surface area contributed by atoms with Gasteiger partial charge in [-0.05, 0) is 12.1 Å². The quantitative estimate of drug-likeness (QED) is 0.461. The van der Waals surface area contributed by atoms with Crippen LogP contribution < -0.4 is 4.52 Å². The van der Waals surface area contributed by atoms with Gasteiger partial charge in [0.15, 0.2) is 0 Å². The molecule has 0 bridgehead atoms. The Morgan fingerprint density at radius 3 is 3.17 bits per heavy atom. The Morgan fingerprint density at radius 2 is 2.17 bits per heavy atom. The minimum absolute atomic E-state index is 1.08. The van der Waals surface area contributed by atoms with Crippen LogP contribution in [0.4, 0.5) is 0 Å². The molecule has 0 amide bonds. The standard InChI is InChI=1S/C9H7N3/c1-2-7-6-12-9(4-5-10-12)11-8(7)3-1/h1-6H,(H,10,11)/p+1. The van der Waals surface area contributed by atoms with Gasteiger partial charge in [-0.1, -0.05) is 6.07 Å². The van der Waals surface area contributed by atoms with Crippen LogP contribution >= 0.6 is 0 Å². The van der Waals surface area contributed by atoms with Gasteiger partial charge in [0.1, 0.15) is 11.9 Å². The normalized spacial score (nSPS) is 11.3. The highest BCUT2D eigenvalue weighted by atomic mass is 15.2. The summed E-state index contributed by atoms with van der Waals surface area (Å²) >= 11 is 0. The molecule has 0 saturated carbocycles. The van der Waals surface area contributed by atoms with Crippen molar-refractivity contribution in [1.82, 2.24) is 10.1 Å². The van der Waals surface area contributed by atoms with Gasteiger partial charge in [-0.15, -0.1) is 4.52 Å². The number of hydrogen-bond acceptors (Lipinski definition) is 0. The molecule has 2 heterocycles. The predicted octanol–water partition coefficient (Wildman–Crippen LogP) is 1.19. The molecule has 2 aliphatic rings. The van der Waals surface area contributed by atoms with Crippen molar-refractivity contribution in [2.45, 2.75) is 0 Å². The van der Waals surface area contributed by atoms with E-state index < -0.39 is 0 Å². The van der Waals surface area contributed by atoms with Gasteiger partial charge in [0.2, 0.25) is 0 Å². The summed E-state index contributed by atoms with van der Waals surface area (Å²) in [6, 6.07) is 8.20. The molecule has 0 atom stereocenters. The molecule has 12 heavy (non-hydrogen) atoms. The Bertz CT molecular complexity index is 449. The molecular formula is C9H8N3+. The van der Waals surface area contributed by atoms with Gasteiger partial charge in [-0.2, -0.15) is 0 Å². The minimum atomic E-state index is 1.08. The highest BCUT2D eigenvalue weighted by Crippen LogP contribution is 2.17. The van der Waals surface area contributed by atoms with E-state index in [1.807, 2.05) is 22.8 Å². The van der Waals surface area contributed by atoms with Gasteiger partial charge >= 0.3 is 5.65 Å². The van der Waals surface area contributed by atoms with E-state index in [9.17, 15) is 0 Å². The van der Waals surface area contributed by atoms with Crippen molar-refractivity contribution in [2.24, 2.45) is 0 Å². The van der Waals surface area contributed by atoms with Crippen LogP contribution in [-0.4, -0.2) is 10.1 Å². The number of nitrogens with zero attached hydrogens (tertiary/aromatic N) is 1. The number of aromatic nitrogens is 3. The molecule has 1 aliphatic carbocycles. The topological polar surface area (TPSA) is 35.7 Å². The van der Waals surface area contributed by atoms with Crippen LogP contribution in [0.2, 0.25) is 0 Å². The number of fused-ring (bicyclic) bond motifs is 2. The van der Waals surface area contributed by atoms with Crippen LogP contribution in [0, 0.1) is 0 Å². The van der Waals surface area contributed by atoms with Crippen molar-refractivity contribution < 1.29 is 4.52 Å². The second-order valence-corrected chi connectivity index (χ2v) is 2.87. The third-order valence-corrected chi connectivity index (χ3v) is 2.09. The maximum Gasteiger partial charge on any atom is 0.304 e. The van der Waals surface area contributed by atoms with Crippen molar-refractivity contribution in [1.29, 1.82) is 0 Å². The van der Waals surface area contributed by atoms with E-state index >= 15 is 0 Å². The average Bonchev–Trinajstić information content (AvgIpc) is 2.64. The van der Waals surface area contributed by atoms with E-state index in [2.05, 4.69) is 28.4 Å². The molecule has 0 spiro atoms. The van der Waals surface area contributed by atoms with Crippen molar-refractivity contribution >= 4 is 5.65 Å². The van der Waals surface area contributed by atoms with Gasteiger partial charge in [0, 0.05) is 12.3 Å². The van der Waals surface area contributed by atoms with Gasteiger partial charge in [-0.3, -0.25) is 0 Å². The van der Waals surface area contributed by atoms with E-state index in [1.165, 1.54) is 11.3 Å². The number of aromatic amines is 2. The molecule has 0 unspecified atom stereocenters. The van der Waals surface area contributed by atoms with E-state index in [1.54, 1.807) is 0 Å². The molecule has 3 heteroatoms. The number of nitrogens with one attached hydrogen (secondary N) is 2. The molecule has 2 N–H and O–H groups in total. The summed E-state index contributed by atoms with van der Waals surface area (Å²) in [5.74, 6) is 0. The first kappa shape index (κ1) is 5.83. The highest BCUT2D eigenvalue weighted by molar-refractivity contribution is 5.61. The maximum atomic E-state index is 3.30. The fourth-order valence-corrected chi connectivity index (χ4v) is 1.49. The first-order chi connectivity index (χ1) is 5.93. The Labute approximate surface area is 69.0 Å². The minimum Gasteiger partial charge on any atom is -0.238 e. The predicted molar refractivity (Wildman–Crippen MR) is 44.9 cm³/mol. The van der Waals surface area contributed by atoms with E-state index in [0.717, 1.165) is 5.65 Å². The summed E-state index contributed by atoms with van der Waals surface area (Å²) in [6.07, 6.45) is 3.98. The summed E-state index contributed by atoms with van der Waals surface area (Å²) in [4.78, 5) is 3.30. The molecule has 1 aromatic heterocycles. The van der Waals surface area contributed by atoms with Crippen LogP contribution in [0.5, 0.6) is 0 Å². The largest absolute Gasteiger partial charge is 0.304 e. The fourth-order valence-electron chi connectivity index (χ4n) is 1.49. The molecule has 3 nitrogen and oxygen atoms in total.